The maximum absolute atomic E-state index is 9.64. The first-order valence-electron chi connectivity index (χ1n) is 5.86. The van der Waals surface area contributed by atoms with Gasteiger partial charge in [0.25, 0.3) is 0 Å². The Morgan fingerprint density at radius 2 is 1.93 bits per heavy atom. The Kier molecular flexibility index (Phi) is 3.96. The van der Waals surface area contributed by atoms with Crippen molar-refractivity contribution in [2.24, 2.45) is 11.8 Å². The number of hydrogen-bond acceptors (Lipinski definition) is 2. The van der Waals surface area contributed by atoms with Crippen molar-refractivity contribution >= 4 is 0 Å². The quantitative estimate of drug-likeness (QED) is 0.730. The summed E-state index contributed by atoms with van der Waals surface area (Å²) in [5.74, 6) is 1.56. The number of rotatable bonds is 3. The van der Waals surface area contributed by atoms with Crippen LogP contribution in [0.5, 0.6) is 0 Å². The number of aliphatic hydroxyl groups is 1. The van der Waals surface area contributed by atoms with Crippen LogP contribution in [0.1, 0.15) is 47.0 Å². The molecule has 84 valence electrons. The SMILES string of the molecule is CC1CCCC(NCC(C)(C)O)C1C. The second kappa shape index (κ2) is 4.63. The van der Waals surface area contributed by atoms with E-state index in [-0.39, 0.29) is 0 Å². The molecule has 0 aliphatic heterocycles. The van der Waals surface area contributed by atoms with Crippen LogP contribution in [0.2, 0.25) is 0 Å². The molecule has 2 heteroatoms. The van der Waals surface area contributed by atoms with E-state index in [0.29, 0.717) is 12.6 Å². The Bertz CT molecular complexity index is 174. The Labute approximate surface area is 88.1 Å². The molecule has 14 heavy (non-hydrogen) atoms. The minimum absolute atomic E-state index is 0.583. The largest absolute Gasteiger partial charge is 0.389 e. The number of hydrogen-bond donors (Lipinski definition) is 2. The normalized spacial score (nSPS) is 34.5. The summed E-state index contributed by atoms with van der Waals surface area (Å²) in [6.07, 6.45) is 3.96. The van der Waals surface area contributed by atoms with Gasteiger partial charge in [0.2, 0.25) is 0 Å². The Morgan fingerprint density at radius 3 is 2.50 bits per heavy atom. The third-order valence-corrected chi connectivity index (χ3v) is 3.50. The molecular weight excluding hydrogens is 174 g/mol. The molecule has 0 aromatic carbocycles. The lowest BCUT2D eigenvalue weighted by Crippen LogP contribution is -2.46. The molecule has 3 atom stereocenters. The van der Waals surface area contributed by atoms with E-state index in [1.807, 2.05) is 13.8 Å². The van der Waals surface area contributed by atoms with Gasteiger partial charge in [-0.05, 0) is 32.1 Å². The van der Waals surface area contributed by atoms with Crippen molar-refractivity contribution in [1.82, 2.24) is 5.32 Å². The van der Waals surface area contributed by atoms with Gasteiger partial charge in [-0.2, -0.15) is 0 Å². The Hall–Kier alpha value is -0.0800. The van der Waals surface area contributed by atoms with Gasteiger partial charge in [-0.25, -0.2) is 0 Å². The summed E-state index contributed by atoms with van der Waals surface area (Å²) < 4.78 is 0. The van der Waals surface area contributed by atoms with Gasteiger partial charge in [0.15, 0.2) is 0 Å². The van der Waals surface area contributed by atoms with Gasteiger partial charge in [0.1, 0.15) is 0 Å². The highest BCUT2D eigenvalue weighted by atomic mass is 16.3. The van der Waals surface area contributed by atoms with Crippen molar-refractivity contribution in [3.05, 3.63) is 0 Å². The fourth-order valence-electron chi connectivity index (χ4n) is 2.25. The highest BCUT2D eigenvalue weighted by Crippen LogP contribution is 2.29. The monoisotopic (exact) mass is 199 g/mol. The number of nitrogens with one attached hydrogen (secondary N) is 1. The molecule has 3 unspecified atom stereocenters. The van der Waals surface area contributed by atoms with E-state index in [1.165, 1.54) is 19.3 Å². The average Bonchev–Trinajstić information content (AvgIpc) is 2.06. The topological polar surface area (TPSA) is 32.3 Å². The molecule has 1 aliphatic rings. The molecule has 0 aromatic rings. The lowest BCUT2D eigenvalue weighted by Gasteiger charge is -2.36. The molecule has 1 fully saturated rings. The van der Waals surface area contributed by atoms with Crippen molar-refractivity contribution in [2.75, 3.05) is 6.54 Å². The first-order valence-corrected chi connectivity index (χ1v) is 5.86. The van der Waals surface area contributed by atoms with Crippen LogP contribution in [0, 0.1) is 11.8 Å². The molecule has 1 aliphatic carbocycles. The summed E-state index contributed by atoms with van der Waals surface area (Å²) >= 11 is 0. The van der Waals surface area contributed by atoms with Crippen molar-refractivity contribution in [3.8, 4) is 0 Å². The summed E-state index contributed by atoms with van der Waals surface area (Å²) in [5, 5.41) is 13.1. The fraction of sp³-hybridized carbons (Fsp3) is 1.00. The Balaban J connectivity index is 2.36. The van der Waals surface area contributed by atoms with Crippen LogP contribution in [-0.4, -0.2) is 23.3 Å². The molecule has 0 spiro atoms. The van der Waals surface area contributed by atoms with E-state index in [0.717, 1.165) is 11.8 Å². The van der Waals surface area contributed by atoms with E-state index in [1.54, 1.807) is 0 Å². The van der Waals surface area contributed by atoms with Crippen molar-refractivity contribution in [3.63, 3.8) is 0 Å². The van der Waals surface area contributed by atoms with Crippen LogP contribution in [-0.2, 0) is 0 Å². The standard InChI is InChI=1S/C12H25NO/c1-9-6-5-7-11(10(9)2)13-8-12(3,4)14/h9-11,13-14H,5-8H2,1-4H3. The third kappa shape index (κ3) is 3.58. The van der Waals surface area contributed by atoms with Crippen LogP contribution in [0.15, 0.2) is 0 Å². The van der Waals surface area contributed by atoms with Gasteiger partial charge in [-0.1, -0.05) is 26.7 Å². The van der Waals surface area contributed by atoms with Crippen LogP contribution in [0.3, 0.4) is 0 Å². The smallest absolute Gasteiger partial charge is 0.0715 e. The maximum Gasteiger partial charge on any atom is 0.0715 e. The fourth-order valence-corrected chi connectivity index (χ4v) is 2.25. The Morgan fingerprint density at radius 1 is 1.29 bits per heavy atom. The summed E-state index contributed by atoms with van der Waals surface area (Å²) in [6.45, 7) is 9.08. The highest BCUT2D eigenvalue weighted by molar-refractivity contribution is 4.84. The van der Waals surface area contributed by atoms with E-state index >= 15 is 0 Å². The first-order chi connectivity index (χ1) is 6.40. The first kappa shape index (κ1) is 12.0. The molecule has 0 aromatic heterocycles. The minimum Gasteiger partial charge on any atom is -0.389 e. The molecule has 0 radical (unpaired) electrons. The molecule has 0 saturated heterocycles. The van der Waals surface area contributed by atoms with E-state index in [9.17, 15) is 5.11 Å². The van der Waals surface area contributed by atoms with Gasteiger partial charge in [0.05, 0.1) is 5.60 Å². The van der Waals surface area contributed by atoms with Gasteiger partial charge >= 0.3 is 0 Å². The minimum atomic E-state index is -0.583. The highest BCUT2D eigenvalue weighted by Gasteiger charge is 2.27. The van der Waals surface area contributed by atoms with Gasteiger partial charge < -0.3 is 10.4 Å². The molecule has 2 nitrogen and oxygen atoms in total. The predicted octanol–water partition coefficient (Wildman–Crippen LogP) is 2.17. The van der Waals surface area contributed by atoms with Crippen LogP contribution < -0.4 is 5.32 Å². The lowest BCUT2D eigenvalue weighted by molar-refractivity contribution is 0.0679. The molecule has 0 bridgehead atoms. The second-order valence-corrected chi connectivity index (χ2v) is 5.57. The molecular formula is C12H25NO. The van der Waals surface area contributed by atoms with E-state index in [4.69, 9.17) is 0 Å². The average molecular weight is 199 g/mol. The molecule has 1 saturated carbocycles. The summed E-state index contributed by atoms with van der Waals surface area (Å²) in [7, 11) is 0. The van der Waals surface area contributed by atoms with Crippen molar-refractivity contribution < 1.29 is 5.11 Å². The molecule has 0 heterocycles. The van der Waals surface area contributed by atoms with E-state index < -0.39 is 5.60 Å². The van der Waals surface area contributed by atoms with Gasteiger partial charge in [-0.15, -0.1) is 0 Å². The predicted molar refractivity (Wildman–Crippen MR) is 60.3 cm³/mol. The summed E-state index contributed by atoms with van der Waals surface area (Å²) in [4.78, 5) is 0. The second-order valence-electron chi connectivity index (χ2n) is 5.57. The van der Waals surface area contributed by atoms with E-state index in [2.05, 4.69) is 19.2 Å². The zero-order valence-corrected chi connectivity index (χ0v) is 10.0. The zero-order valence-electron chi connectivity index (χ0n) is 10.0. The van der Waals surface area contributed by atoms with Crippen molar-refractivity contribution in [2.45, 2.75) is 58.6 Å². The van der Waals surface area contributed by atoms with Crippen molar-refractivity contribution in [1.29, 1.82) is 0 Å². The maximum atomic E-state index is 9.64. The van der Waals surface area contributed by atoms with Crippen LogP contribution in [0.25, 0.3) is 0 Å². The third-order valence-electron chi connectivity index (χ3n) is 3.50. The summed E-state index contributed by atoms with van der Waals surface area (Å²) in [6, 6.07) is 0.602. The van der Waals surface area contributed by atoms with Gasteiger partial charge in [0, 0.05) is 12.6 Å². The lowest BCUT2D eigenvalue weighted by atomic mass is 9.78. The van der Waals surface area contributed by atoms with Gasteiger partial charge in [-0.3, -0.25) is 0 Å². The van der Waals surface area contributed by atoms with Crippen LogP contribution >= 0.6 is 0 Å². The molecule has 0 amide bonds. The molecule has 1 rings (SSSR count). The molecule has 2 N–H and O–H groups in total. The summed E-state index contributed by atoms with van der Waals surface area (Å²) in [5.41, 5.74) is -0.583. The van der Waals surface area contributed by atoms with Crippen LogP contribution in [0.4, 0.5) is 0 Å². The zero-order chi connectivity index (χ0) is 10.8.